The molecule has 0 saturated carbocycles. The summed E-state index contributed by atoms with van der Waals surface area (Å²) in [6, 6.07) is 14.8. The molecule has 0 amide bonds. The van der Waals surface area contributed by atoms with E-state index in [1.165, 1.54) is 0 Å². The third kappa shape index (κ3) is 2.44. The molecule has 0 aliphatic carbocycles. The number of para-hydroxylation sites is 1. The van der Waals surface area contributed by atoms with Crippen molar-refractivity contribution in [3.05, 3.63) is 48.5 Å². The molecule has 0 radical (unpaired) electrons. The zero-order valence-corrected chi connectivity index (χ0v) is 8.87. The predicted octanol–water partition coefficient (Wildman–Crippen LogP) is 3.13. The fourth-order valence-electron chi connectivity index (χ4n) is 1.25. The van der Waals surface area contributed by atoms with Crippen LogP contribution in [0, 0.1) is 0 Å². The molecular formula is C12H11NOS. The van der Waals surface area contributed by atoms with Crippen molar-refractivity contribution < 1.29 is 5.11 Å². The van der Waals surface area contributed by atoms with Crippen LogP contribution < -0.4 is 5.73 Å². The van der Waals surface area contributed by atoms with Crippen LogP contribution >= 0.6 is 11.8 Å². The molecule has 2 nitrogen and oxygen atoms in total. The van der Waals surface area contributed by atoms with E-state index in [4.69, 9.17) is 5.73 Å². The van der Waals surface area contributed by atoms with Gasteiger partial charge in [0.25, 0.3) is 0 Å². The van der Waals surface area contributed by atoms with Gasteiger partial charge in [-0.25, -0.2) is 0 Å². The number of phenolic OH excluding ortho intramolecular Hbond substituents is 1. The van der Waals surface area contributed by atoms with Gasteiger partial charge in [-0.1, -0.05) is 30.0 Å². The molecule has 2 aromatic rings. The number of nitrogen functional groups attached to an aromatic ring is 1. The first-order valence-electron chi connectivity index (χ1n) is 4.57. The summed E-state index contributed by atoms with van der Waals surface area (Å²) in [6.07, 6.45) is 0. The van der Waals surface area contributed by atoms with Crippen molar-refractivity contribution in [2.75, 3.05) is 5.73 Å². The molecule has 0 saturated heterocycles. The smallest absolute Gasteiger partial charge is 0.116 e. The monoisotopic (exact) mass is 217 g/mol. The molecule has 2 rings (SSSR count). The molecule has 0 atom stereocenters. The van der Waals surface area contributed by atoms with Crippen molar-refractivity contribution in [3.8, 4) is 5.75 Å². The van der Waals surface area contributed by atoms with E-state index < -0.39 is 0 Å². The van der Waals surface area contributed by atoms with E-state index in [2.05, 4.69) is 0 Å². The molecule has 0 bridgehead atoms. The molecule has 0 aliphatic heterocycles. The molecule has 0 spiro atoms. The van der Waals surface area contributed by atoms with E-state index in [0.717, 1.165) is 15.5 Å². The molecule has 76 valence electrons. The topological polar surface area (TPSA) is 46.2 Å². The Kier molecular flexibility index (Phi) is 2.83. The summed E-state index contributed by atoms with van der Waals surface area (Å²) in [4.78, 5) is 1.98. The lowest BCUT2D eigenvalue weighted by Crippen LogP contribution is -1.86. The first-order chi connectivity index (χ1) is 7.25. The van der Waals surface area contributed by atoms with Crippen molar-refractivity contribution in [2.45, 2.75) is 9.79 Å². The summed E-state index contributed by atoms with van der Waals surface area (Å²) in [5, 5.41) is 9.32. The number of rotatable bonds is 2. The Labute approximate surface area is 92.7 Å². The maximum absolute atomic E-state index is 9.32. The molecule has 15 heavy (non-hydrogen) atoms. The minimum absolute atomic E-state index is 0.273. The highest BCUT2D eigenvalue weighted by Crippen LogP contribution is 2.32. The summed E-state index contributed by atoms with van der Waals surface area (Å²) in [7, 11) is 0. The van der Waals surface area contributed by atoms with Gasteiger partial charge in [-0.2, -0.15) is 0 Å². The number of anilines is 1. The van der Waals surface area contributed by atoms with Crippen LogP contribution in [0.3, 0.4) is 0 Å². The average Bonchev–Trinajstić information content (AvgIpc) is 2.22. The van der Waals surface area contributed by atoms with Crippen molar-refractivity contribution in [1.29, 1.82) is 0 Å². The van der Waals surface area contributed by atoms with E-state index in [1.54, 1.807) is 23.9 Å². The van der Waals surface area contributed by atoms with Crippen LogP contribution in [0.25, 0.3) is 0 Å². The van der Waals surface area contributed by atoms with E-state index in [-0.39, 0.29) is 5.75 Å². The summed E-state index contributed by atoms with van der Waals surface area (Å²) in [5.74, 6) is 0.273. The van der Waals surface area contributed by atoms with E-state index >= 15 is 0 Å². The second-order valence-corrected chi connectivity index (χ2v) is 4.25. The number of nitrogens with two attached hydrogens (primary N) is 1. The first-order valence-corrected chi connectivity index (χ1v) is 5.39. The normalized spacial score (nSPS) is 10.1. The average molecular weight is 217 g/mol. The number of hydrogen-bond acceptors (Lipinski definition) is 3. The zero-order valence-electron chi connectivity index (χ0n) is 8.05. The van der Waals surface area contributed by atoms with Gasteiger partial charge in [0.2, 0.25) is 0 Å². The van der Waals surface area contributed by atoms with E-state index in [9.17, 15) is 5.11 Å². The Morgan fingerprint density at radius 3 is 2.53 bits per heavy atom. The van der Waals surface area contributed by atoms with Gasteiger partial charge >= 0.3 is 0 Å². The Morgan fingerprint density at radius 1 is 1.00 bits per heavy atom. The number of benzene rings is 2. The van der Waals surface area contributed by atoms with Crippen LogP contribution in [0.15, 0.2) is 58.3 Å². The third-order valence-electron chi connectivity index (χ3n) is 1.96. The summed E-state index contributed by atoms with van der Waals surface area (Å²) in [6.45, 7) is 0. The first kappa shape index (κ1) is 9.93. The second kappa shape index (κ2) is 4.28. The molecular weight excluding hydrogens is 206 g/mol. The van der Waals surface area contributed by atoms with Crippen LogP contribution in [-0.2, 0) is 0 Å². The Bertz CT molecular complexity index is 471. The molecule has 3 heteroatoms. The highest BCUT2D eigenvalue weighted by atomic mass is 32.2. The predicted molar refractivity (Wildman–Crippen MR) is 63.1 cm³/mol. The molecule has 0 aliphatic rings. The molecule has 2 aromatic carbocycles. The van der Waals surface area contributed by atoms with Gasteiger partial charge in [-0.3, -0.25) is 0 Å². The Morgan fingerprint density at radius 2 is 1.80 bits per heavy atom. The highest BCUT2D eigenvalue weighted by molar-refractivity contribution is 7.99. The van der Waals surface area contributed by atoms with Crippen LogP contribution in [0.1, 0.15) is 0 Å². The third-order valence-corrected chi connectivity index (χ3v) is 3.05. The van der Waals surface area contributed by atoms with Crippen LogP contribution in [0.4, 0.5) is 5.69 Å². The number of hydrogen-bond donors (Lipinski definition) is 2. The van der Waals surface area contributed by atoms with Gasteiger partial charge in [0.05, 0.1) is 0 Å². The lowest BCUT2D eigenvalue weighted by molar-refractivity contribution is 0.474. The summed E-state index contributed by atoms with van der Waals surface area (Å²) >= 11 is 1.54. The number of aromatic hydroxyl groups is 1. The largest absolute Gasteiger partial charge is 0.508 e. The maximum Gasteiger partial charge on any atom is 0.116 e. The van der Waals surface area contributed by atoms with Crippen molar-refractivity contribution in [1.82, 2.24) is 0 Å². The Hall–Kier alpha value is -1.61. The fourth-order valence-corrected chi connectivity index (χ4v) is 2.16. The second-order valence-electron chi connectivity index (χ2n) is 3.14. The molecule has 0 fully saturated rings. The fraction of sp³-hybridized carbons (Fsp3) is 0. The highest BCUT2D eigenvalue weighted by Gasteiger charge is 2.01. The minimum Gasteiger partial charge on any atom is -0.508 e. The van der Waals surface area contributed by atoms with E-state index in [0.29, 0.717) is 0 Å². The molecule has 3 N–H and O–H groups in total. The summed E-state index contributed by atoms with van der Waals surface area (Å²) in [5.41, 5.74) is 6.58. The quantitative estimate of drug-likeness (QED) is 0.760. The summed E-state index contributed by atoms with van der Waals surface area (Å²) < 4.78 is 0. The molecule has 0 aromatic heterocycles. The lowest BCUT2D eigenvalue weighted by atomic mass is 10.3. The van der Waals surface area contributed by atoms with Crippen molar-refractivity contribution in [2.24, 2.45) is 0 Å². The van der Waals surface area contributed by atoms with E-state index in [1.807, 2.05) is 36.4 Å². The lowest BCUT2D eigenvalue weighted by Gasteiger charge is -2.04. The molecule has 0 heterocycles. The van der Waals surface area contributed by atoms with Gasteiger partial charge in [0, 0.05) is 15.5 Å². The van der Waals surface area contributed by atoms with Crippen molar-refractivity contribution >= 4 is 17.4 Å². The molecule has 0 unspecified atom stereocenters. The van der Waals surface area contributed by atoms with Crippen molar-refractivity contribution in [3.63, 3.8) is 0 Å². The van der Waals surface area contributed by atoms with Crippen LogP contribution in [0.5, 0.6) is 5.75 Å². The van der Waals surface area contributed by atoms with Gasteiger partial charge in [0.15, 0.2) is 0 Å². The van der Waals surface area contributed by atoms with Gasteiger partial charge in [-0.05, 0) is 30.3 Å². The number of phenols is 1. The SMILES string of the molecule is Nc1ccccc1Sc1cccc(O)c1. The zero-order chi connectivity index (χ0) is 10.7. The van der Waals surface area contributed by atoms with Crippen LogP contribution in [-0.4, -0.2) is 5.11 Å². The Balaban J connectivity index is 2.26. The maximum atomic E-state index is 9.32. The van der Waals surface area contributed by atoms with Gasteiger partial charge < -0.3 is 10.8 Å². The minimum atomic E-state index is 0.273. The standard InChI is InChI=1S/C12H11NOS/c13-11-6-1-2-7-12(11)15-10-5-3-4-9(14)8-10/h1-8,14H,13H2. The van der Waals surface area contributed by atoms with Gasteiger partial charge in [-0.15, -0.1) is 0 Å². The van der Waals surface area contributed by atoms with Gasteiger partial charge in [0.1, 0.15) is 5.75 Å². The van der Waals surface area contributed by atoms with Crippen LogP contribution in [0.2, 0.25) is 0 Å².